The largest absolute Gasteiger partial charge is 0.338 e. The fourth-order valence-corrected chi connectivity index (χ4v) is 3.11. The third kappa shape index (κ3) is 4.52. The molecule has 0 saturated heterocycles. The van der Waals surface area contributed by atoms with Crippen LogP contribution in [0.3, 0.4) is 0 Å². The van der Waals surface area contributed by atoms with Crippen molar-refractivity contribution in [3.63, 3.8) is 0 Å². The molecule has 0 radical (unpaired) electrons. The van der Waals surface area contributed by atoms with E-state index in [0.717, 1.165) is 22.4 Å². The van der Waals surface area contributed by atoms with E-state index in [-0.39, 0.29) is 11.2 Å². The Balaban J connectivity index is 1.57. The molecule has 0 aliphatic rings. The molecule has 0 aliphatic carbocycles. The van der Waals surface area contributed by atoms with Crippen LogP contribution in [0.1, 0.15) is 23.9 Å². The second-order valence-electron chi connectivity index (χ2n) is 6.14. The van der Waals surface area contributed by atoms with Gasteiger partial charge in [0.15, 0.2) is 0 Å². The van der Waals surface area contributed by atoms with E-state index in [0.29, 0.717) is 17.5 Å². The normalized spacial score (nSPS) is 12.0. The van der Waals surface area contributed by atoms with Crippen LogP contribution in [0.5, 0.6) is 0 Å². The lowest BCUT2D eigenvalue weighted by molar-refractivity contribution is -0.115. The Kier molecular flexibility index (Phi) is 5.73. The quantitative estimate of drug-likeness (QED) is 0.689. The maximum absolute atomic E-state index is 12.4. The molecule has 0 aliphatic heterocycles. The standard InChI is InChI=1S/C20H21N3O2S/c1-13-9-10-14(2)17(11-13)21-20(24)15(3)26-12-18-22-19(23-25-18)16-7-5-4-6-8-16/h4-11,15H,12H2,1-3H3,(H,21,24). The summed E-state index contributed by atoms with van der Waals surface area (Å²) in [6, 6.07) is 15.7. The van der Waals surface area contributed by atoms with Crippen LogP contribution in [0, 0.1) is 13.8 Å². The molecule has 0 saturated carbocycles. The monoisotopic (exact) mass is 367 g/mol. The van der Waals surface area contributed by atoms with Crippen molar-refractivity contribution < 1.29 is 9.32 Å². The molecule has 5 nitrogen and oxygen atoms in total. The second-order valence-corrected chi connectivity index (χ2v) is 7.47. The fourth-order valence-electron chi connectivity index (χ4n) is 2.39. The Morgan fingerprint density at radius 2 is 1.96 bits per heavy atom. The number of amides is 1. The molecule has 26 heavy (non-hydrogen) atoms. The highest BCUT2D eigenvalue weighted by atomic mass is 32.2. The van der Waals surface area contributed by atoms with E-state index >= 15 is 0 Å². The lowest BCUT2D eigenvalue weighted by atomic mass is 10.1. The molecule has 3 aromatic rings. The number of rotatable bonds is 6. The van der Waals surface area contributed by atoms with Crippen molar-refractivity contribution in [2.75, 3.05) is 5.32 Å². The van der Waals surface area contributed by atoms with Gasteiger partial charge in [-0.2, -0.15) is 4.98 Å². The molecule has 0 bridgehead atoms. The highest BCUT2D eigenvalue weighted by Gasteiger charge is 2.17. The van der Waals surface area contributed by atoms with Crippen molar-refractivity contribution in [3.05, 3.63) is 65.5 Å². The highest BCUT2D eigenvalue weighted by Crippen LogP contribution is 2.22. The van der Waals surface area contributed by atoms with Crippen molar-refractivity contribution in [1.29, 1.82) is 0 Å². The molecule has 1 N–H and O–H groups in total. The van der Waals surface area contributed by atoms with Gasteiger partial charge in [0.1, 0.15) is 0 Å². The van der Waals surface area contributed by atoms with Crippen molar-refractivity contribution in [2.24, 2.45) is 0 Å². The highest BCUT2D eigenvalue weighted by molar-refractivity contribution is 7.99. The number of carbonyl (C=O) groups excluding carboxylic acids is 1. The number of nitrogens with zero attached hydrogens (tertiary/aromatic N) is 2. The van der Waals surface area contributed by atoms with Crippen LogP contribution in [0.15, 0.2) is 53.1 Å². The first kappa shape index (κ1) is 18.2. The van der Waals surface area contributed by atoms with Gasteiger partial charge in [0.25, 0.3) is 0 Å². The second kappa shape index (κ2) is 8.19. The zero-order valence-corrected chi connectivity index (χ0v) is 15.8. The number of thioether (sulfide) groups is 1. The number of benzene rings is 2. The van der Waals surface area contributed by atoms with Gasteiger partial charge in [0.2, 0.25) is 17.6 Å². The molecule has 1 unspecified atom stereocenters. The molecular weight excluding hydrogens is 346 g/mol. The summed E-state index contributed by atoms with van der Waals surface area (Å²) in [5.41, 5.74) is 3.93. The van der Waals surface area contributed by atoms with E-state index in [4.69, 9.17) is 4.52 Å². The van der Waals surface area contributed by atoms with Crippen molar-refractivity contribution in [3.8, 4) is 11.4 Å². The smallest absolute Gasteiger partial charge is 0.237 e. The first-order chi connectivity index (χ1) is 12.5. The molecule has 3 rings (SSSR count). The van der Waals surface area contributed by atoms with Crippen LogP contribution in [-0.2, 0) is 10.5 Å². The van der Waals surface area contributed by atoms with Crippen LogP contribution in [-0.4, -0.2) is 21.3 Å². The predicted molar refractivity (Wildman–Crippen MR) is 105 cm³/mol. The Morgan fingerprint density at radius 3 is 2.73 bits per heavy atom. The summed E-state index contributed by atoms with van der Waals surface area (Å²) in [6.07, 6.45) is 0. The Bertz CT molecular complexity index is 893. The lowest BCUT2D eigenvalue weighted by Crippen LogP contribution is -2.23. The van der Waals surface area contributed by atoms with Gasteiger partial charge in [-0.05, 0) is 38.0 Å². The SMILES string of the molecule is Cc1ccc(C)c(NC(=O)C(C)SCc2nc(-c3ccccc3)no2)c1. The van der Waals surface area contributed by atoms with Gasteiger partial charge in [-0.25, -0.2) is 0 Å². The van der Waals surface area contributed by atoms with Gasteiger partial charge < -0.3 is 9.84 Å². The summed E-state index contributed by atoms with van der Waals surface area (Å²) in [6.45, 7) is 5.86. The van der Waals surface area contributed by atoms with Gasteiger partial charge in [-0.3, -0.25) is 4.79 Å². The average molecular weight is 367 g/mol. The van der Waals surface area contributed by atoms with E-state index in [1.165, 1.54) is 11.8 Å². The minimum atomic E-state index is -0.234. The van der Waals surface area contributed by atoms with E-state index in [1.807, 2.05) is 69.3 Å². The summed E-state index contributed by atoms with van der Waals surface area (Å²) < 4.78 is 5.29. The first-order valence-electron chi connectivity index (χ1n) is 8.40. The lowest BCUT2D eigenvalue weighted by Gasteiger charge is -2.13. The summed E-state index contributed by atoms with van der Waals surface area (Å²) in [7, 11) is 0. The van der Waals surface area contributed by atoms with Crippen LogP contribution in [0.4, 0.5) is 5.69 Å². The van der Waals surface area contributed by atoms with Crippen molar-refractivity contribution >= 4 is 23.4 Å². The molecule has 0 fully saturated rings. The average Bonchev–Trinajstić information content (AvgIpc) is 3.12. The van der Waals surface area contributed by atoms with Crippen LogP contribution in [0.2, 0.25) is 0 Å². The fraction of sp³-hybridized carbons (Fsp3) is 0.250. The number of aryl methyl sites for hydroxylation is 2. The predicted octanol–water partition coefficient (Wildman–Crippen LogP) is 4.61. The Labute approximate surface area is 157 Å². The van der Waals surface area contributed by atoms with Crippen molar-refractivity contribution in [1.82, 2.24) is 10.1 Å². The van der Waals surface area contributed by atoms with Gasteiger partial charge in [0.05, 0.1) is 11.0 Å². The molecule has 1 atom stereocenters. The molecule has 1 aromatic heterocycles. The summed E-state index contributed by atoms with van der Waals surface area (Å²) in [4.78, 5) is 16.8. The molecule has 2 aromatic carbocycles. The number of aromatic nitrogens is 2. The maximum atomic E-state index is 12.4. The van der Waals surface area contributed by atoms with Crippen LogP contribution >= 0.6 is 11.8 Å². The molecule has 0 spiro atoms. The van der Waals surface area contributed by atoms with Crippen LogP contribution in [0.25, 0.3) is 11.4 Å². The number of hydrogen-bond donors (Lipinski definition) is 1. The minimum absolute atomic E-state index is 0.0356. The Morgan fingerprint density at radius 1 is 1.19 bits per heavy atom. The first-order valence-corrected chi connectivity index (χ1v) is 9.45. The van der Waals surface area contributed by atoms with Gasteiger partial charge in [-0.15, -0.1) is 11.8 Å². The van der Waals surface area contributed by atoms with Crippen LogP contribution < -0.4 is 5.32 Å². The number of anilines is 1. The van der Waals surface area contributed by atoms with Gasteiger partial charge >= 0.3 is 0 Å². The van der Waals surface area contributed by atoms with E-state index < -0.39 is 0 Å². The molecule has 1 amide bonds. The Hall–Kier alpha value is -2.60. The van der Waals surface area contributed by atoms with Crippen molar-refractivity contribution in [2.45, 2.75) is 31.8 Å². The number of nitrogens with one attached hydrogen (secondary N) is 1. The topological polar surface area (TPSA) is 68.0 Å². The van der Waals surface area contributed by atoms with E-state index in [9.17, 15) is 4.79 Å². The number of carbonyl (C=O) groups is 1. The third-order valence-corrected chi connectivity index (χ3v) is 5.10. The van der Waals surface area contributed by atoms with E-state index in [1.54, 1.807) is 0 Å². The summed E-state index contributed by atoms with van der Waals surface area (Å²) in [5, 5.41) is 6.76. The molecule has 1 heterocycles. The summed E-state index contributed by atoms with van der Waals surface area (Å²) >= 11 is 1.47. The van der Waals surface area contributed by atoms with Gasteiger partial charge in [-0.1, -0.05) is 47.6 Å². The minimum Gasteiger partial charge on any atom is -0.338 e. The number of hydrogen-bond acceptors (Lipinski definition) is 5. The third-order valence-electron chi connectivity index (χ3n) is 3.98. The maximum Gasteiger partial charge on any atom is 0.237 e. The zero-order valence-electron chi connectivity index (χ0n) is 15.0. The van der Waals surface area contributed by atoms with Gasteiger partial charge in [0, 0.05) is 11.3 Å². The molecular formula is C20H21N3O2S. The zero-order chi connectivity index (χ0) is 18.5. The van der Waals surface area contributed by atoms with E-state index in [2.05, 4.69) is 15.5 Å². The molecule has 6 heteroatoms. The summed E-state index contributed by atoms with van der Waals surface area (Å²) in [5.74, 6) is 1.53. The molecule has 134 valence electrons.